The molecule has 4 rings (SSSR count). The average molecular weight is 422 g/mol. The maximum Gasteiger partial charge on any atom is 0.161 e. The molecule has 7 heteroatoms. The molecule has 1 aromatic carbocycles. The van der Waals surface area contributed by atoms with Gasteiger partial charge in [0.25, 0.3) is 0 Å². The van der Waals surface area contributed by atoms with Gasteiger partial charge in [0, 0.05) is 68.8 Å². The van der Waals surface area contributed by atoms with Crippen molar-refractivity contribution in [2.75, 3.05) is 39.2 Å². The maximum absolute atomic E-state index is 14.5. The van der Waals surface area contributed by atoms with Crippen LogP contribution in [0.4, 0.5) is 10.2 Å². The van der Waals surface area contributed by atoms with Crippen LogP contribution in [0.5, 0.6) is 5.75 Å². The number of ether oxygens (including phenoxy) is 1. The lowest BCUT2D eigenvalue weighted by atomic mass is 9.93. The van der Waals surface area contributed by atoms with Gasteiger partial charge in [-0.05, 0) is 37.6 Å². The van der Waals surface area contributed by atoms with Crippen LogP contribution in [0.25, 0.3) is 11.4 Å². The van der Waals surface area contributed by atoms with Crippen molar-refractivity contribution in [2.45, 2.75) is 25.3 Å². The Hall–Kier alpha value is -3.06. The topological polar surface area (TPSA) is 54.4 Å². The highest BCUT2D eigenvalue weighted by Crippen LogP contribution is 2.30. The van der Waals surface area contributed by atoms with Crippen molar-refractivity contribution in [1.82, 2.24) is 19.9 Å². The second kappa shape index (κ2) is 9.39. The first kappa shape index (κ1) is 21.2. The van der Waals surface area contributed by atoms with Gasteiger partial charge < -0.3 is 9.64 Å². The summed E-state index contributed by atoms with van der Waals surface area (Å²) in [5.41, 5.74) is 2.67. The zero-order chi connectivity index (χ0) is 21.8. The molecule has 0 aliphatic carbocycles. The molecule has 1 aliphatic heterocycles. The summed E-state index contributed by atoms with van der Waals surface area (Å²) in [5.74, 6) is 2.19. The molecule has 0 amide bonds. The number of hydrogen-bond acceptors (Lipinski definition) is 6. The van der Waals surface area contributed by atoms with Crippen molar-refractivity contribution in [3.05, 3.63) is 65.9 Å². The summed E-state index contributed by atoms with van der Waals surface area (Å²) in [6, 6.07) is 11.0. The van der Waals surface area contributed by atoms with Crippen LogP contribution in [0.2, 0.25) is 0 Å². The van der Waals surface area contributed by atoms with Crippen molar-refractivity contribution >= 4 is 5.82 Å². The molecule has 1 fully saturated rings. The molecule has 0 spiro atoms. The number of piperidine rings is 1. The van der Waals surface area contributed by atoms with Crippen LogP contribution in [0.1, 0.15) is 30.0 Å². The minimum atomic E-state index is -0.224. The molecular weight excluding hydrogens is 393 g/mol. The molecule has 1 saturated heterocycles. The van der Waals surface area contributed by atoms with Gasteiger partial charge in [-0.2, -0.15) is 0 Å². The quantitative estimate of drug-likeness (QED) is 0.597. The fourth-order valence-corrected chi connectivity index (χ4v) is 3.99. The van der Waals surface area contributed by atoms with E-state index >= 15 is 0 Å². The van der Waals surface area contributed by atoms with Gasteiger partial charge in [0.15, 0.2) is 5.82 Å². The van der Waals surface area contributed by atoms with E-state index in [-0.39, 0.29) is 11.7 Å². The van der Waals surface area contributed by atoms with Crippen LogP contribution in [0, 0.1) is 5.82 Å². The Morgan fingerprint density at radius 2 is 1.94 bits per heavy atom. The molecule has 0 saturated carbocycles. The SMILES string of the molecule is COc1ccc(CN2CCCC(c3cc(N(C)C)nc(-c4ccncc4)n3)C2)c(F)c1. The number of pyridine rings is 1. The number of likely N-dealkylation sites (tertiary alicyclic amines) is 1. The van der Waals surface area contributed by atoms with Gasteiger partial charge in [-0.25, -0.2) is 14.4 Å². The summed E-state index contributed by atoms with van der Waals surface area (Å²) in [6.07, 6.45) is 5.62. The molecular formula is C24H28FN5O. The van der Waals surface area contributed by atoms with Crippen LogP contribution < -0.4 is 9.64 Å². The second-order valence-corrected chi connectivity index (χ2v) is 8.14. The number of anilines is 1. The van der Waals surface area contributed by atoms with Gasteiger partial charge in [-0.3, -0.25) is 9.88 Å². The Morgan fingerprint density at radius 3 is 2.65 bits per heavy atom. The minimum absolute atomic E-state index is 0.224. The summed E-state index contributed by atoms with van der Waals surface area (Å²) in [7, 11) is 5.53. The highest BCUT2D eigenvalue weighted by molar-refractivity contribution is 5.57. The Balaban J connectivity index is 1.57. The van der Waals surface area contributed by atoms with E-state index in [1.807, 2.05) is 43.3 Å². The first-order valence-electron chi connectivity index (χ1n) is 10.5. The fourth-order valence-electron chi connectivity index (χ4n) is 3.99. The van der Waals surface area contributed by atoms with Crippen LogP contribution in [0.15, 0.2) is 48.8 Å². The Labute approximate surface area is 182 Å². The van der Waals surface area contributed by atoms with Gasteiger partial charge in [-0.1, -0.05) is 6.07 Å². The van der Waals surface area contributed by atoms with E-state index in [1.165, 1.54) is 6.07 Å². The molecule has 1 unspecified atom stereocenters. The van der Waals surface area contributed by atoms with E-state index in [9.17, 15) is 4.39 Å². The van der Waals surface area contributed by atoms with E-state index < -0.39 is 0 Å². The van der Waals surface area contributed by atoms with E-state index in [1.54, 1.807) is 19.5 Å². The summed E-state index contributed by atoms with van der Waals surface area (Å²) in [4.78, 5) is 18.0. The largest absolute Gasteiger partial charge is 0.497 e. The maximum atomic E-state index is 14.5. The number of methoxy groups -OCH3 is 1. The van der Waals surface area contributed by atoms with Crippen molar-refractivity contribution in [3.8, 4) is 17.1 Å². The van der Waals surface area contributed by atoms with Gasteiger partial charge in [0.1, 0.15) is 17.4 Å². The van der Waals surface area contributed by atoms with E-state index in [4.69, 9.17) is 14.7 Å². The van der Waals surface area contributed by atoms with Crippen molar-refractivity contribution < 1.29 is 9.13 Å². The van der Waals surface area contributed by atoms with Crippen molar-refractivity contribution in [2.24, 2.45) is 0 Å². The second-order valence-electron chi connectivity index (χ2n) is 8.14. The van der Waals surface area contributed by atoms with Crippen molar-refractivity contribution in [3.63, 3.8) is 0 Å². The molecule has 0 N–H and O–H groups in total. The van der Waals surface area contributed by atoms with Crippen LogP contribution in [0.3, 0.4) is 0 Å². The lowest BCUT2D eigenvalue weighted by Crippen LogP contribution is -2.34. The molecule has 0 bridgehead atoms. The summed E-state index contributed by atoms with van der Waals surface area (Å²) >= 11 is 0. The van der Waals surface area contributed by atoms with Gasteiger partial charge in [-0.15, -0.1) is 0 Å². The van der Waals surface area contributed by atoms with Gasteiger partial charge in [0.2, 0.25) is 0 Å². The number of rotatable bonds is 6. The number of aromatic nitrogens is 3. The fraction of sp³-hybridized carbons (Fsp3) is 0.375. The molecule has 31 heavy (non-hydrogen) atoms. The zero-order valence-corrected chi connectivity index (χ0v) is 18.3. The van der Waals surface area contributed by atoms with Gasteiger partial charge in [0.05, 0.1) is 12.8 Å². The minimum Gasteiger partial charge on any atom is -0.497 e. The molecule has 2 aromatic heterocycles. The third-order valence-electron chi connectivity index (χ3n) is 5.71. The van der Waals surface area contributed by atoms with E-state index in [0.717, 1.165) is 43.0 Å². The third-order valence-corrected chi connectivity index (χ3v) is 5.71. The number of hydrogen-bond donors (Lipinski definition) is 0. The third kappa shape index (κ3) is 4.99. The normalized spacial score (nSPS) is 16.8. The van der Waals surface area contributed by atoms with Crippen molar-refractivity contribution in [1.29, 1.82) is 0 Å². The standard InChI is InChI=1S/C24H28FN5O/c1-29(2)23-14-22(27-24(28-23)17-8-10-26-11-9-17)19-5-4-12-30(16-19)15-18-6-7-20(31-3)13-21(18)25/h6-11,13-14,19H,4-5,12,15-16H2,1-3H3. The highest BCUT2D eigenvalue weighted by Gasteiger charge is 2.25. The first-order valence-corrected chi connectivity index (χ1v) is 10.5. The van der Waals surface area contributed by atoms with E-state index in [0.29, 0.717) is 23.7 Å². The molecule has 1 atom stereocenters. The molecule has 1 aliphatic rings. The van der Waals surface area contributed by atoms with Crippen LogP contribution in [-0.4, -0.2) is 54.1 Å². The highest BCUT2D eigenvalue weighted by atomic mass is 19.1. The van der Waals surface area contributed by atoms with Gasteiger partial charge >= 0.3 is 0 Å². The first-order chi connectivity index (χ1) is 15.0. The molecule has 6 nitrogen and oxygen atoms in total. The summed E-state index contributed by atoms with van der Waals surface area (Å²) in [6.45, 7) is 2.37. The molecule has 0 radical (unpaired) electrons. The van der Waals surface area contributed by atoms with Crippen LogP contribution >= 0.6 is 0 Å². The monoisotopic (exact) mass is 421 g/mol. The molecule has 162 valence electrons. The number of nitrogens with zero attached hydrogens (tertiary/aromatic N) is 5. The number of halogens is 1. The predicted octanol–water partition coefficient (Wildman–Crippen LogP) is 4.13. The summed E-state index contributed by atoms with van der Waals surface area (Å²) in [5, 5.41) is 0. The summed E-state index contributed by atoms with van der Waals surface area (Å²) < 4.78 is 19.6. The predicted molar refractivity (Wildman–Crippen MR) is 120 cm³/mol. The Morgan fingerprint density at radius 1 is 1.13 bits per heavy atom. The Bertz CT molecular complexity index is 1030. The average Bonchev–Trinajstić information content (AvgIpc) is 2.81. The lowest BCUT2D eigenvalue weighted by Gasteiger charge is -2.33. The molecule has 3 heterocycles. The van der Waals surface area contributed by atoms with E-state index in [2.05, 4.69) is 16.0 Å². The van der Waals surface area contributed by atoms with Crippen LogP contribution in [-0.2, 0) is 6.54 Å². The molecule has 3 aromatic rings. The number of benzene rings is 1. The zero-order valence-electron chi connectivity index (χ0n) is 18.3. The smallest absolute Gasteiger partial charge is 0.161 e. The lowest BCUT2D eigenvalue weighted by molar-refractivity contribution is 0.196. The Kier molecular flexibility index (Phi) is 6.42.